The van der Waals surface area contributed by atoms with Crippen molar-refractivity contribution in [2.45, 2.75) is 4.90 Å². The number of para-hydroxylation sites is 2. The molecule has 0 fully saturated rings. The van der Waals surface area contributed by atoms with Crippen LogP contribution in [0.4, 0.5) is 17.1 Å². The van der Waals surface area contributed by atoms with Crippen molar-refractivity contribution in [2.75, 3.05) is 24.4 Å². The highest BCUT2D eigenvalue weighted by molar-refractivity contribution is 7.93. The molecule has 0 spiro atoms. The molecule has 0 aliphatic heterocycles. The number of halogens is 1. The number of methoxy groups -OCH3 is 2. The molecular weight excluding hydrogens is 472 g/mol. The molecule has 0 aliphatic carbocycles. The minimum atomic E-state index is -4.26. The van der Waals surface area contributed by atoms with Crippen LogP contribution in [0, 0.1) is 10.1 Å². The van der Waals surface area contributed by atoms with Crippen molar-refractivity contribution in [3.05, 3.63) is 81.4 Å². The van der Waals surface area contributed by atoms with Crippen LogP contribution in [0.3, 0.4) is 0 Å². The van der Waals surface area contributed by atoms with Gasteiger partial charge in [0, 0.05) is 17.7 Å². The Balaban J connectivity index is 1.97. The van der Waals surface area contributed by atoms with Crippen molar-refractivity contribution >= 4 is 44.9 Å². The second-order valence-corrected chi connectivity index (χ2v) is 8.53. The first-order valence-corrected chi connectivity index (χ1v) is 11.2. The van der Waals surface area contributed by atoms with E-state index in [4.69, 9.17) is 21.1 Å². The summed E-state index contributed by atoms with van der Waals surface area (Å²) in [6, 6.07) is 14.7. The number of nitrogens with zero attached hydrogens (tertiary/aromatic N) is 2. The highest BCUT2D eigenvalue weighted by Crippen LogP contribution is 2.31. The molecule has 2 N–H and O–H groups in total. The quantitative estimate of drug-likeness (QED) is 0.256. The van der Waals surface area contributed by atoms with Crippen molar-refractivity contribution in [1.82, 2.24) is 0 Å². The van der Waals surface area contributed by atoms with E-state index in [0.29, 0.717) is 17.1 Å². The third kappa shape index (κ3) is 5.51. The summed E-state index contributed by atoms with van der Waals surface area (Å²) in [6.07, 6.45) is 1.40. The lowest BCUT2D eigenvalue weighted by atomic mass is 10.2. The van der Waals surface area contributed by atoms with Crippen LogP contribution in [0.2, 0.25) is 5.02 Å². The third-order valence-electron chi connectivity index (χ3n) is 4.41. The van der Waals surface area contributed by atoms with Gasteiger partial charge in [0.15, 0.2) is 11.5 Å². The zero-order valence-electron chi connectivity index (χ0n) is 17.5. The van der Waals surface area contributed by atoms with E-state index < -0.39 is 20.6 Å². The van der Waals surface area contributed by atoms with Crippen LogP contribution in [-0.2, 0) is 10.0 Å². The number of nitro benzene ring substituents is 1. The van der Waals surface area contributed by atoms with Crippen molar-refractivity contribution in [3.63, 3.8) is 0 Å². The highest BCUT2D eigenvalue weighted by Gasteiger charge is 2.23. The van der Waals surface area contributed by atoms with Gasteiger partial charge >= 0.3 is 0 Å². The SMILES string of the molecule is COc1cccc(/C=N/Nc2ccc([N+](=O)[O-])cc2S(=O)(=O)Nc2ccccc2Cl)c1OC. The maximum absolute atomic E-state index is 13.0. The fourth-order valence-electron chi connectivity index (χ4n) is 2.87. The van der Waals surface area contributed by atoms with Crippen molar-refractivity contribution < 1.29 is 22.8 Å². The van der Waals surface area contributed by atoms with Crippen LogP contribution in [0.5, 0.6) is 11.5 Å². The Hall–Kier alpha value is -3.83. The topological polar surface area (TPSA) is 132 Å². The van der Waals surface area contributed by atoms with Gasteiger partial charge in [0.1, 0.15) is 4.90 Å². The van der Waals surface area contributed by atoms with E-state index in [1.807, 2.05) is 0 Å². The molecule has 0 bridgehead atoms. The molecular formula is C21H19ClN4O6S. The van der Waals surface area contributed by atoms with Crippen LogP contribution in [0.25, 0.3) is 0 Å². The molecule has 0 amide bonds. The molecule has 0 aromatic heterocycles. The standard InChI is InChI=1S/C21H19ClN4O6S/c1-31-19-9-5-6-14(21(19)32-2)13-23-24-18-11-10-15(26(27)28)12-20(18)33(29,30)25-17-8-4-3-7-16(17)22/h3-13,24-25H,1-2H3/b23-13+. The van der Waals surface area contributed by atoms with Crippen LogP contribution >= 0.6 is 11.6 Å². The Morgan fingerprint density at radius 2 is 1.79 bits per heavy atom. The number of sulfonamides is 1. The van der Waals surface area contributed by atoms with Gasteiger partial charge in [0.2, 0.25) is 0 Å². The van der Waals surface area contributed by atoms with Crippen LogP contribution in [-0.4, -0.2) is 33.8 Å². The molecule has 10 nitrogen and oxygen atoms in total. The predicted molar refractivity (Wildman–Crippen MR) is 126 cm³/mol. The molecule has 0 atom stereocenters. The Labute approximate surface area is 195 Å². The molecule has 3 rings (SSSR count). The summed E-state index contributed by atoms with van der Waals surface area (Å²) >= 11 is 6.05. The Morgan fingerprint density at radius 1 is 1.03 bits per heavy atom. The number of ether oxygens (including phenoxy) is 2. The maximum atomic E-state index is 13.0. The molecule has 0 heterocycles. The zero-order chi connectivity index (χ0) is 24.0. The maximum Gasteiger partial charge on any atom is 0.270 e. The fraction of sp³-hybridized carbons (Fsp3) is 0.0952. The summed E-state index contributed by atoms with van der Waals surface area (Å²) in [4.78, 5) is 10.2. The summed E-state index contributed by atoms with van der Waals surface area (Å²) in [7, 11) is -1.29. The van der Waals surface area contributed by atoms with Gasteiger partial charge in [0.25, 0.3) is 15.7 Å². The largest absolute Gasteiger partial charge is 0.493 e. The van der Waals surface area contributed by atoms with Gasteiger partial charge in [-0.25, -0.2) is 8.42 Å². The molecule has 12 heteroatoms. The molecule has 0 radical (unpaired) electrons. The number of non-ortho nitro benzene ring substituents is 1. The lowest BCUT2D eigenvalue weighted by Crippen LogP contribution is -2.15. The first-order valence-electron chi connectivity index (χ1n) is 9.32. The van der Waals surface area contributed by atoms with Gasteiger partial charge in [-0.05, 0) is 30.3 Å². The number of hydrazone groups is 1. The minimum absolute atomic E-state index is 0.0123. The van der Waals surface area contributed by atoms with Gasteiger partial charge in [-0.2, -0.15) is 5.10 Å². The second kappa shape index (κ2) is 10.2. The van der Waals surface area contributed by atoms with Crippen LogP contribution in [0.1, 0.15) is 5.56 Å². The summed E-state index contributed by atoms with van der Waals surface area (Å²) in [6.45, 7) is 0. The van der Waals surface area contributed by atoms with Gasteiger partial charge in [-0.15, -0.1) is 0 Å². The molecule has 3 aromatic rings. The molecule has 0 saturated heterocycles. The Bertz CT molecular complexity index is 1310. The average Bonchev–Trinajstić information content (AvgIpc) is 2.80. The number of nitrogens with one attached hydrogen (secondary N) is 2. The number of nitro groups is 1. The van der Waals surface area contributed by atoms with Gasteiger partial charge in [-0.1, -0.05) is 29.8 Å². The summed E-state index contributed by atoms with van der Waals surface area (Å²) < 4.78 is 39.0. The first kappa shape index (κ1) is 23.8. The number of hydrogen-bond donors (Lipinski definition) is 2. The van der Waals surface area contributed by atoms with E-state index in [9.17, 15) is 18.5 Å². The third-order valence-corrected chi connectivity index (χ3v) is 6.14. The minimum Gasteiger partial charge on any atom is -0.493 e. The zero-order valence-corrected chi connectivity index (χ0v) is 19.1. The molecule has 33 heavy (non-hydrogen) atoms. The van der Waals surface area contributed by atoms with E-state index in [2.05, 4.69) is 15.2 Å². The smallest absolute Gasteiger partial charge is 0.270 e. The summed E-state index contributed by atoms with van der Waals surface area (Å²) in [5.41, 5.74) is 2.92. The Kier molecular flexibility index (Phi) is 7.36. The molecule has 0 saturated carbocycles. The molecule has 0 aliphatic rings. The van der Waals surface area contributed by atoms with E-state index in [1.165, 1.54) is 44.7 Å². The van der Waals surface area contributed by atoms with Gasteiger partial charge < -0.3 is 9.47 Å². The lowest BCUT2D eigenvalue weighted by Gasteiger charge is -2.13. The summed E-state index contributed by atoms with van der Waals surface area (Å²) in [5.74, 6) is 0.923. The van der Waals surface area contributed by atoms with Gasteiger partial charge in [0.05, 0.1) is 41.8 Å². The lowest BCUT2D eigenvalue weighted by molar-refractivity contribution is -0.385. The van der Waals surface area contributed by atoms with E-state index >= 15 is 0 Å². The molecule has 172 valence electrons. The van der Waals surface area contributed by atoms with Crippen LogP contribution in [0.15, 0.2) is 70.7 Å². The molecule has 0 unspecified atom stereocenters. The number of hydrogen-bond acceptors (Lipinski definition) is 8. The number of anilines is 2. The van der Waals surface area contributed by atoms with Crippen molar-refractivity contribution in [3.8, 4) is 11.5 Å². The normalized spacial score (nSPS) is 11.2. The average molecular weight is 491 g/mol. The van der Waals surface area contributed by atoms with Crippen molar-refractivity contribution in [1.29, 1.82) is 0 Å². The second-order valence-electron chi connectivity index (χ2n) is 6.48. The predicted octanol–water partition coefficient (Wildman–Crippen LogP) is 4.51. The summed E-state index contributed by atoms with van der Waals surface area (Å²) in [5, 5.41) is 15.5. The number of rotatable bonds is 9. The van der Waals surface area contributed by atoms with E-state index in [1.54, 1.807) is 30.3 Å². The fourth-order valence-corrected chi connectivity index (χ4v) is 4.36. The van der Waals surface area contributed by atoms with E-state index in [-0.39, 0.29) is 21.3 Å². The van der Waals surface area contributed by atoms with E-state index in [0.717, 1.165) is 6.07 Å². The van der Waals surface area contributed by atoms with Crippen LogP contribution < -0.4 is 19.6 Å². The van der Waals surface area contributed by atoms with Crippen molar-refractivity contribution in [2.24, 2.45) is 5.10 Å². The Morgan fingerprint density at radius 3 is 2.45 bits per heavy atom. The first-order chi connectivity index (χ1) is 15.8. The molecule has 3 aromatic carbocycles. The van der Waals surface area contributed by atoms with Gasteiger partial charge in [-0.3, -0.25) is 20.3 Å². The number of benzene rings is 3. The highest BCUT2D eigenvalue weighted by atomic mass is 35.5. The monoisotopic (exact) mass is 490 g/mol.